The number of rotatable bonds is 3. The van der Waals surface area contributed by atoms with Gasteiger partial charge in [-0.25, -0.2) is 9.97 Å². The van der Waals surface area contributed by atoms with Crippen LogP contribution in [0.2, 0.25) is 0 Å². The molecule has 0 saturated heterocycles. The van der Waals surface area contributed by atoms with Crippen LogP contribution in [0.15, 0.2) is 10.7 Å². The van der Waals surface area contributed by atoms with E-state index in [0.29, 0.717) is 11.6 Å². The second-order valence-corrected chi connectivity index (χ2v) is 5.00. The van der Waals surface area contributed by atoms with Crippen LogP contribution in [0.25, 0.3) is 11.4 Å². The number of hydrogen-bond donors (Lipinski definition) is 1. The first-order valence-electron chi connectivity index (χ1n) is 5.85. The largest absolute Gasteiger partial charge is 0.383 e. The highest BCUT2D eigenvalue weighted by molar-refractivity contribution is 9.10. The van der Waals surface area contributed by atoms with Crippen LogP contribution >= 0.6 is 15.9 Å². The number of hydrogen-bond acceptors (Lipinski definition) is 4. The highest BCUT2D eigenvalue weighted by Gasteiger charge is 2.14. The zero-order valence-corrected chi connectivity index (χ0v) is 12.3. The van der Waals surface area contributed by atoms with Crippen molar-refractivity contribution in [3.05, 3.63) is 22.1 Å². The van der Waals surface area contributed by atoms with Crippen LogP contribution in [0.3, 0.4) is 0 Å². The molecule has 2 N–H and O–H groups in total. The smallest absolute Gasteiger partial charge is 0.165 e. The Morgan fingerprint density at radius 1 is 1.39 bits per heavy atom. The predicted octanol–water partition coefficient (Wildman–Crippen LogP) is 2.48. The number of aromatic nitrogens is 4. The molecule has 0 bridgehead atoms. The molecule has 0 unspecified atom stereocenters. The van der Waals surface area contributed by atoms with Gasteiger partial charge in [-0.05, 0) is 29.3 Å². The second kappa shape index (κ2) is 5.06. The highest BCUT2D eigenvalue weighted by Crippen LogP contribution is 2.27. The third-order valence-corrected chi connectivity index (χ3v) is 3.77. The van der Waals surface area contributed by atoms with Crippen molar-refractivity contribution in [3.63, 3.8) is 0 Å². The van der Waals surface area contributed by atoms with E-state index in [9.17, 15) is 0 Å². The zero-order valence-electron chi connectivity index (χ0n) is 10.7. The minimum Gasteiger partial charge on any atom is -0.383 e. The molecular weight excluding hydrogens is 294 g/mol. The molecule has 0 aromatic carbocycles. The van der Waals surface area contributed by atoms with Crippen LogP contribution in [-0.4, -0.2) is 19.7 Å². The van der Waals surface area contributed by atoms with E-state index in [2.05, 4.69) is 37.9 Å². The van der Waals surface area contributed by atoms with E-state index >= 15 is 0 Å². The average molecular weight is 310 g/mol. The molecule has 2 aromatic rings. The Bertz CT molecular complexity index is 576. The lowest BCUT2D eigenvalue weighted by Crippen LogP contribution is -2.03. The van der Waals surface area contributed by atoms with Crippen molar-refractivity contribution >= 4 is 21.7 Å². The van der Waals surface area contributed by atoms with E-state index in [4.69, 9.17) is 5.73 Å². The molecule has 0 spiro atoms. The first kappa shape index (κ1) is 13.0. The van der Waals surface area contributed by atoms with Crippen LogP contribution in [0, 0.1) is 6.92 Å². The number of nitrogens with zero attached hydrogens (tertiary/aromatic N) is 4. The Morgan fingerprint density at radius 3 is 2.67 bits per heavy atom. The molecule has 2 heterocycles. The molecule has 0 fully saturated rings. The standard InChI is InChI=1S/C12H16BrN5/c1-4-5-9-10(13)11(14)17-12(16-9)8-6-15-18(3)7(8)2/h6H,4-5H2,1-3H3,(H2,14,16,17). The quantitative estimate of drug-likeness (QED) is 0.945. The lowest BCUT2D eigenvalue weighted by Gasteiger charge is -2.08. The maximum Gasteiger partial charge on any atom is 0.165 e. The fourth-order valence-corrected chi connectivity index (χ4v) is 2.13. The fraction of sp³-hybridized carbons (Fsp3) is 0.417. The van der Waals surface area contributed by atoms with Crippen molar-refractivity contribution in [2.24, 2.45) is 7.05 Å². The molecule has 0 radical (unpaired) electrons. The minimum atomic E-state index is 0.478. The van der Waals surface area contributed by atoms with Gasteiger partial charge in [0, 0.05) is 12.7 Å². The van der Waals surface area contributed by atoms with Crippen molar-refractivity contribution in [1.82, 2.24) is 19.7 Å². The molecule has 2 rings (SSSR count). The van der Waals surface area contributed by atoms with Crippen molar-refractivity contribution in [2.45, 2.75) is 26.7 Å². The molecular formula is C12H16BrN5. The van der Waals surface area contributed by atoms with E-state index in [1.54, 1.807) is 10.9 Å². The summed E-state index contributed by atoms with van der Waals surface area (Å²) >= 11 is 3.44. The van der Waals surface area contributed by atoms with E-state index in [-0.39, 0.29) is 0 Å². The summed E-state index contributed by atoms with van der Waals surface area (Å²) in [6.07, 6.45) is 3.66. The van der Waals surface area contributed by atoms with Crippen LogP contribution in [-0.2, 0) is 13.5 Å². The molecule has 96 valence electrons. The van der Waals surface area contributed by atoms with Crippen LogP contribution in [0.1, 0.15) is 24.7 Å². The van der Waals surface area contributed by atoms with Crippen molar-refractivity contribution in [3.8, 4) is 11.4 Å². The monoisotopic (exact) mass is 309 g/mol. The van der Waals surface area contributed by atoms with Gasteiger partial charge >= 0.3 is 0 Å². The topological polar surface area (TPSA) is 69.6 Å². The summed E-state index contributed by atoms with van der Waals surface area (Å²) in [4.78, 5) is 8.90. The first-order chi connectivity index (χ1) is 8.54. The molecule has 0 aliphatic rings. The summed E-state index contributed by atoms with van der Waals surface area (Å²) in [6.45, 7) is 4.10. The van der Waals surface area contributed by atoms with Crippen LogP contribution in [0.4, 0.5) is 5.82 Å². The Balaban J connectivity index is 2.55. The van der Waals surface area contributed by atoms with Gasteiger partial charge in [-0.2, -0.15) is 5.10 Å². The van der Waals surface area contributed by atoms with Crippen LogP contribution < -0.4 is 5.73 Å². The second-order valence-electron chi connectivity index (χ2n) is 4.21. The Kier molecular flexibility index (Phi) is 3.65. The van der Waals surface area contributed by atoms with Crippen molar-refractivity contribution in [1.29, 1.82) is 0 Å². The molecule has 18 heavy (non-hydrogen) atoms. The SMILES string of the molecule is CCCc1nc(-c2cnn(C)c2C)nc(N)c1Br. The number of halogens is 1. The lowest BCUT2D eigenvalue weighted by molar-refractivity contribution is 0.740. The Morgan fingerprint density at radius 2 is 2.11 bits per heavy atom. The average Bonchev–Trinajstić information content (AvgIpc) is 2.66. The van der Waals surface area contributed by atoms with Gasteiger partial charge in [-0.1, -0.05) is 13.3 Å². The summed E-state index contributed by atoms with van der Waals surface area (Å²) in [7, 11) is 1.90. The highest BCUT2D eigenvalue weighted by atomic mass is 79.9. The van der Waals surface area contributed by atoms with E-state index in [0.717, 1.165) is 34.3 Å². The molecule has 0 aliphatic carbocycles. The van der Waals surface area contributed by atoms with Gasteiger partial charge in [0.05, 0.1) is 21.9 Å². The molecule has 0 aliphatic heterocycles. The van der Waals surface area contributed by atoms with Crippen molar-refractivity contribution in [2.75, 3.05) is 5.73 Å². The Labute approximate surface area is 115 Å². The summed E-state index contributed by atoms with van der Waals surface area (Å²) < 4.78 is 2.60. The molecule has 5 nitrogen and oxygen atoms in total. The molecule has 0 atom stereocenters. The predicted molar refractivity (Wildman–Crippen MR) is 75.1 cm³/mol. The lowest BCUT2D eigenvalue weighted by atomic mass is 10.2. The van der Waals surface area contributed by atoms with Gasteiger partial charge < -0.3 is 5.73 Å². The van der Waals surface area contributed by atoms with E-state index < -0.39 is 0 Å². The van der Waals surface area contributed by atoms with Gasteiger partial charge in [-0.3, -0.25) is 4.68 Å². The van der Waals surface area contributed by atoms with E-state index in [1.165, 1.54) is 0 Å². The van der Waals surface area contributed by atoms with Crippen molar-refractivity contribution < 1.29 is 0 Å². The molecule has 0 amide bonds. The van der Waals surface area contributed by atoms with Gasteiger partial charge in [0.25, 0.3) is 0 Å². The summed E-state index contributed by atoms with van der Waals surface area (Å²) in [5, 5.41) is 4.20. The third-order valence-electron chi connectivity index (χ3n) is 2.91. The maximum absolute atomic E-state index is 5.92. The maximum atomic E-state index is 5.92. The summed E-state index contributed by atoms with van der Waals surface area (Å²) in [5.74, 6) is 1.12. The number of nitrogen functional groups attached to an aromatic ring is 1. The Hall–Kier alpha value is -1.43. The fourth-order valence-electron chi connectivity index (χ4n) is 1.75. The first-order valence-corrected chi connectivity index (χ1v) is 6.64. The number of anilines is 1. The van der Waals surface area contributed by atoms with Gasteiger partial charge in [0.1, 0.15) is 5.82 Å². The number of aryl methyl sites for hydroxylation is 2. The zero-order chi connectivity index (χ0) is 13.3. The van der Waals surface area contributed by atoms with E-state index in [1.807, 2.05) is 14.0 Å². The molecule has 6 heteroatoms. The minimum absolute atomic E-state index is 0.478. The normalized spacial score (nSPS) is 10.9. The summed E-state index contributed by atoms with van der Waals surface area (Å²) in [5.41, 5.74) is 8.82. The number of nitrogens with two attached hydrogens (primary N) is 1. The van der Waals surface area contributed by atoms with Gasteiger partial charge in [0.15, 0.2) is 5.82 Å². The van der Waals surface area contributed by atoms with Crippen LogP contribution in [0.5, 0.6) is 0 Å². The third kappa shape index (κ3) is 2.25. The summed E-state index contributed by atoms with van der Waals surface area (Å²) in [6, 6.07) is 0. The van der Waals surface area contributed by atoms with Gasteiger partial charge in [0.2, 0.25) is 0 Å². The van der Waals surface area contributed by atoms with Gasteiger partial charge in [-0.15, -0.1) is 0 Å². The molecule has 2 aromatic heterocycles. The molecule has 0 saturated carbocycles.